The number of ketones is 2. The summed E-state index contributed by atoms with van der Waals surface area (Å²) in [6.45, 7) is 0. The first-order valence-electron chi connectivity index (χ1n) is 9.17. The Hall–Kier alpha value is -3.68. The van der Waals surface area contributed by atoms with Crippen LogP contribution in [-0.2, 0) is 9.59 Å². The molecule has 8 heteroatoms. The number of unbranched alkanes of at least 4 members (excludes halogenated alkanes) is 1. The van der Waals surface area contributed by atoms with Crippen molar-refractivity contribution in [3.8, 4) is 11.5 Å². The lowest BCUT2D eigenvalue weighted by atomic mass is 9.84. The van der Waals surface area contributed by atoms with Gasteiger partial charge in [-0.2, -0.15) is 0 Å². The van der Waals surface area contributed by atoms with E-state index in [2.05, 4.69) is 0 Å². The second kappa shape index (κ2) is 10.2. The van der Waals surface area contributed by atoms with Gasteiger partial charge in [-0.05, 0) is 49.2 Å². The van der Waals surface area contributed by atoms with Crippen LogP contribution in [-0.4, -0.2) is 47.9 Å². The van der Waals surface area contributed by atoms with Crippen molar-refractivity contribution in [3.05, 3.63) is 58.7 Å². The zero-order chi connectivity index (χ0) is 22.3. The fraction of sp³-hybridized carbons (Fsp3) is 0.273. The number of ether oxygens (including phenoxy) is 2. The molecule has 30 heavy (non-hydrogen) atoms. The summed E-state index contributed by atoms with van der Waals surface area (Å²) in [6.07, 6.45) is 1.02. The van der Waals surface area contributed by atoms with E-state index in [1.165, 1.54) is 14.2 Å². The normalized spacial score (nSPS) is 11.5. The van der Waals surface area contributed by atoms with Gasteiger partial charge in [0, 0.05) is 35.1 Å². The second-order valence-electron chi connectivity index (χ2n) is 6.48. The SMILES string of the molecule is COc1ccc2c(c1)C(=O)c1ccc(OC)cc1C2=O.O=C(O)CCCCC(=O)O. The maximum absolute atomic E-state index is 12.5. The summed E-state index contributed by atoms with van der Waals surface area (Å²) in [5.74, 6) is -0.966. The van der Waals surface area contributed by atoms with Gasteiger partial charge in [-0.25, -0.2) is 0 Å². The molecule has 1 aliphatic rings. The van der Waals surface area contributed by atoms with Crippen LogP contribution in [0.25, 0.3) is 0 Å². The Morgan fingerprint density at radius 1 is 0.700 bits per heavy atom. The number of carbonyl (C=O) groups excluding carboxylic acids is 2. The molecule has 0 aromatic heterocycles. The van der Waals surface area contributed by atoms with Crippen molar-refractivity contribution in [2.75, 3.05) is 14.2 Å². The molecular weight excluding hydrogens is 392 g/mol. The van der Waals surface area contributed by atoms with Gasteiger partial charge in [-0.3, -0.25) is 19.2 Å². The second-order valence-corrected chi connectivity index (χ2v) is 6.48. The highest BCUT2D eigenvalue weighted by Gasteiger charge is 2.30. The highest BCUT2D eigenvalue weighted by molar-refractivity contribution is 6.28. The first-order valence-corrected chi connectivity index (χ1v) is 9.17. The molecule has 2 aromatic carbocycles. The van der Waals surface area contributed by atoms with Gasteiger partial charge in [-0.15, -0.1) is 0 Å². The van der Waals surface area contributed by atoms with Gasteiger partial charge in [0.25, 0.3) is 0 Å². The molecule has 0 saturated heterocycles. The standard InChI is InChI=1S/C16H12O4.C6H10O4/c1-19-9-3-5-11-13(7-9)15(17)12-6-4-10(20-2)8-14(12)16(11)18;7-5(8)3-1-2-4-6(9)10/h3-8H,1-2H3;1-4H2,(H,7,8)(H,9,10). The Labute approximate surface area is 173 Å². The van der Waals surface area contributed by atoms with Crippen molar-refractivity contribution < 1.29 is 38.9 Å². The molecule has 0 aliphatic heterocycles. The van der Waals surface area contributed by atoms with Gasteiger partial charge in [0.15, 0.2) is 11.6 Å². The fourth-order valence-corrected chi connectivity index (χ4v) is 2.92. The van der Waals surface area contributed by atoms with Crippen molar-refractivity contribution >= 4 is 23.5 Å². The zero-order valence-corrected chi connectivity index (χ0v) is 16.6. The molecule has 3 rings (SSSR count). The number of hydrogen-bond acceptors (Lipinski definition) is 6. The smallest absolute Gasteiger partial charge is 0.303 e. The van der Waals surface area contributed by atoms with Crippen LogP contribution in [0.2, 0.25) is 0 Å². The molecule has 158 valence electrons. The lowest BCUT2D eigenvalue weighted by molar-refractivity contribution is -0.139. The van der Waals surface area contributed by atoms with Crippen LogP contribution >= 0.6 is 0 Å². The minimum absolute atomic E-state index is 0.0628. The first-order chi connectivity index (χ1) is 14.3. The van der Waals surface area contributed by atoms with E-state index in [9.17, 15) is 19.2 Å². The molecule has 0 fully saturated rings. The summed E-state index contributed by atoms with van der Waals surface area (Å²) >= 11 is 0. The van der Waals surface area contributed by atoms with E-state index >= 15 is 0 Å². The maximum Gasteiger partial charge on any atom is 0.303 e. The van der Waals surface area contributed by atoms with Crippen molar-refractivity contribution in [3.63, 3.8) is 0 Å². The third-order valence-electron chi connectivity index (χ3n) is 4.46. The minimum Gasteiger partial charge on any atom is -0.497 e. The summed E-state index contributed by atoms with van der Waals surface area (Å²) in [5, 5.41) is 16.3. The number of methoxy groups -OCH3 is 2. The van der Waals surface area contributed by atoms with Gasteiger partial charge in [0.1, 0.15) is 11.5 Å². The average Bonchev–Trinajstić information content (AvgIpc) is 2.74. The zero-order valence-electron chi connectivity index (χ0n) is 16.6. The fourth-order valence-electron chi connectivity index (χ4n) is 2.92. The molecule has 0 spiro atoms. The minimum atomic E-state index is -0.870. The monoisotopic (exact) mass is 414 g/mol. The summed E-state index contributed by atoms with van der Waals surface area (Å²) in [5.41, 5.74) is 1.56. The number of carbonyl (C=O) groups is 4. The molecule has 0 radical (unpaired) electrons. The number of carboxylic acid groups (broad SMARTS) is 2. The van der Waals surface area contributed by atoms with E-state index in [1.54, 1.807) is 36.4 Å². The van der Waals surface area contributed by atoms with Crippen LogP contribution in [0.4, 0.5) is 0 Å². The predicted octanol–water partition coefficient (Wildman–Crippen LogP) is 3.20. The molecule has 8 nitrogen and oxygen atoms in total. The largest absolute Gasteiger partial charge is 0.497 e. The summed E-state index contributed by atoms with van der Waals surface area (Å²) in [6, 6.07) is 9.80. The van der Waals surface area contributed by atoms with Crippen LogP contribution in [0.5, 0.6) is 11.5 Å². The van der Waals surface area contributed by atoms with Crippen molar-refractivity contribution in [2.24, 2.45) is 0 Å². The molecule has 0 heterocycles. The van der Waals surface area contributed by atoms with Crippen molar-refractivity contribution in [1.82, 2.24) is 0 Å². The number of hydrogen-bond donors (Lipinski definition) is 2. The van der Waals surface area contributed by atoms with Crippen LogP contribution in [0, 0.1) is 0 Å². The number of benzene rings is 2. The van der Waals surface area contributed by atoms with E-state index in [0.717, 1.165) is 0 Å². The Kier molecular flexibility index (Phi) is 7.69. The van der Waals surface area contributed by atoms with Crippen LogP contribution < -0.4 is 9.47 Å². The van der Waals surface area contributed by atoms with Gasteiger partial charge in [0.05, 0.1) is 14.2 Å². The molecule has 1 aliphatic carbocycles. The highest BCUT2D eigenvalue weighted by Crippen LogP contribution is 2.31. The summed E-state index contributed by atoms with van der Waals surface area (Å²) < 4.78 is 10.2. The van der Waals surface area contributed by atoms with E-state index in [1.807, 2.05) is 0 Å². The van der Waals surface area contributed by atoms with Crippen molar-refractivity contribution in [2.45, 2.75) is 25.7 Å². The quantitative estimate of drug-likeness (QED) is 0.564. The van der Waals surface area contributed by atoms with Crippen LogP contribution in [0.3, 0.4) is 0 Å². The number of rotatable bonds is 7. The molecule has 0 unspecified atom stereocenters. The molecule has 0 atom stereocenters. The van der Waals surface area contributed by atoms with Gasteiger partial charge < -0.3 is 19.7 Å². The van der Waals surface area contributed by atoms with E-state index in [-0.39, 0.29) is 24.4 Å². The van der Waals surface area contributed by atoms with Crippen LogP contribution in [0.1, 0.15) is 57.5 Å². The first kappa shape index (κ1) is 22.6. The van der Waals surface area contributed by atoms with E-state index in [0.29, 0.717) is 46.6 Å². The molecule has 0 bridgehead atoms. The highest BCUT2D eigenvalue weighted by atomic mass is 16.5. The lowest BCUT2D eigenvalue weighted by Crippen LogP contribution is -2.20. The van der Waals surface area contributed by atoms with Gasteiger partial charge >= 0.3 is 11.9 Å². The Morgan fingerprint density at radius 2 is 1.07 bits per heavy atom. The third kappa shape index (κ3) is 5.44. The Morgan fingerprint density at radius 3 is 1.37 bits per heavy atom. The molecule has 0 amide bonds. The third-order valence-corrected chi connectivity index (χ3v) is 4.46. The summed E-state index contributed by atoms with van der Waals surface area (Å²) in [7, 11) is 3.05. The van der Waals surface area contributed by atoms with Crippen LogP contribution in [0.15, 0.2) is 36.4 Å². The number of carboxylic acids is 2. The Bertz CT molecular complexity index is 898. The van der Waals surface area contributed by atoms with E-state index < -0.39 is 11.9 Å². The molecular formula is C22H22O8. The Balaban J connectivity index is 0.000000274. The average molecular weight is 414 g/mol. The summed E-state index contributed by atoms with van der Waals surface area (Å²) in [4.78, 5) is 44.7. The molecule has 0 saturated carbocycles. The molecule has 2 N–H and O–H groups in total. The van der Waals surface area contributed by atoms with E-state index in [4.69, 9.17) is 19.7 Å². The lowest BCUT2D eigenvalue weighted by Gasteiger charge is -2.18. The van der Waals surface area contributed by atoms with Gasteiger partial charge in [0.2, 0.25) is 0 Å². The van der Waals surface area contributed by atoms with Gasteiger partial charge in [-0.1, -0.05) is 0 Å². The maximum atomic E-state index is 12.5. The topological polar surface area (TPSA) is 127 Å². The number of fused-ring (bicyclic) bond motifs is 2. The molecule has 2 aromatic rings. The van der Waals surface area contributed by atoms with Crippen molar-refractivity contribution in [1.29, 1.82) is 0 Å². The number of aliphatic carboxylic acids is 2. The predicted molar refractivity (Wildman–Crippen MR) is 107 cm³/mol.